The Bertz CT molecular complexity index is 1680. The lowest BCUT2D eigenvalue weighted by Crippen LogP contribution is -2.40. The van der Waals surface area contributed by atoms with Gasteiger partial charge >= 0.3 is 0 Å². The lowest BCUT2D eigenvalue weighted by Gasteiger charge is -2.47. The largest absolute Gasteiger partial charge is 0.322 e. The lowest BCUT2D eigenvalue weighted by molar-refractivity contribution is 0.408. The molecule has 3 unspecified atom stereocenters. The van der Waals surface area contributed by atoms with E-state index in [-0.39, 0.29) is 7.92 Å². The first-order chi connectivity index (χ1) is 25.8. The van der Waals surface area contributed by atoms with Gasteiger partial charge in [0, 0.05) is 22.6 Å². The van der Waals surface area contributed by atoms with Crippen molar-refractivity contribution in [1.29, 1.82) is 0 Å². The first kappa shape index (κ1) is 37.1. The van der Waals surface area contributed by atoms with Crippen LogP contribution >= 0.6 is 7.92 Å². The average molecular weight is 727 g/mol. The zero-order valence-corrected chi connectivity index (χ0v) is 34.9. The molecule has 3 aromatic carbocycles. The molecule has 282 valence electrons. The molecule has 0 N–H and O–H groups in total. The maximum atomic E-state index is 3.01. The van der Waals surface area contributed by atoms with Crippen LogP contribution in [0.2, 0.25) is 0 Å². The molecule has 0 aromatic heterocycles. The molecule has 3 aromatic rings. The summed E-state index contributed by atoms with van der Waals surface area (Å²) >= 11 is 0. The molecular formula is C50H67N2P. The Balaban J connectivity index is 1.46. The number of anilines is 2. The fourth-order valence-corrected chi connectivity index (χ4v) is 16.7. The molecular weight excluding hydrogens is 660 g/mol. The molecule has 1 heterocycles. The fraction of sp³-hybridized carbons (Fsp3) is 0.560. The van der Waals surface area contributed by atoms with Crippen molar-refractivity contribution in [1.82, 2.24) is 0 Å². The van der Waals surface area contributed by atoms with E-state index in [0.29, 0.717) is 17.7 Å². The van der Waals surface area contributed by atoms with Gasteiger partial charge in [-0.15, -0.1) is 0 Å². The SMILES string of the molecule is Cc1cc(C)c(N2C(=C3C(=Cc4ccccc4)CCCC3P(C3CCCCC3)C3CCCCC3)N(c3c(C)cc(C)cc3C)C3CCCCC32)c(C)c1. The van der Waals surface area contributed by atoms with Crippen molar-refractivity contribution in [2.75, 3.05) is 9.80 Å². The van der Waals surface area contributed by atoms with Crippen LogP contribution in [0.25, 0.3) is 6.08 Å². The van der Waals surface area contributed by atoms with E-state index in [0.717, 1.165) is 11.3 Å². The molecule has 0 amide bonds. The second-order valence-electron chi connectivity index (χ2n) is 17.9. The van der Waals surface area contributed by atoms with E-state index < -0.39 is 0 Å². The zero-order valence-electron chi connectivity index (χ0n) is 34.0. The number of allylic oxidation sites excluding steroid dienone is 2. The first-order valence-corrected chi connectivity index (χ1v) is 23.4. The monoisotopic (exact) mass is 727 g/mol. The third-order valence-electron chi connectivity index (χ3n) is 13.9. The summed E-state index contributed by atoms with van der Waals surface area (Å²) < 4.78 is 0. The summed E-state index contributed by atoms with van der Waals surface area (Å²) in [6, 6.07) is 22.3. The van der Waals surface area contributed by atoms with Gasteiger partial charge in [-0.2, -0.15) is 0 Å². The summed E-state index contributed by atoms with van der Waals surface area (Å²) in [4.78, 5) is 6.02. The highest BCUT2D eigenvalue weighted by atomic mass is 31.1. The number of nitrogens with zero attached hydrogens (tertiary/aromatic N) is 2. The number of rotatable bonds is 6. The first-order valence-electron chi connectivity index (χ1n) is 21.8. The van der Waals surface area contributed by atoms with Crippen LogP contribution in [0, 0.1) is 41.5 Å². The van der Waals surface area contributed by atoms with Crippen molar-refractivity contribution in [3.63, 3.8) is 0 Å². The minimum absolute atomic E-state index is 0.162. The molecule has 0 radical (unpaired) electrons. The molecule has 5 fully saturated rings. The van der Waals surface area contributed by atoms with Crippen LogP contribution in [0.1, 0.15) is 148 Å². The highest BCUT2D eigenvalue weighted by Crippen LogP contribution is 2.65. The van der Waals surface area contributed by atoms with Gasteiger partial charge in [-0.3, -0.25) is 0 Å². The summed E-state index contributed by atoms with van der Waals surface area (Å²) in [5.74, 6) is 1.60. The summed E-state index contributed by atoms with van der Waals surface area (Å²) in [5, 5.41) is 0. The maximum absolute atomic E-state index is 3.01. The van der Waals surface area contributed by atoms with Crippen LogP contribution in [0.3, 0.4) is 0 Å². The van der Waals surface area contributed by atoms with Crippen molar-refractivity contribution in [2.24, 2.45) is 0 Å². The molecule has 0 spiro atoms. The standard InChI is InChI=1S/C50H67N2P/c1-34-29-36(3)48(37(4)30-34)51-44-26-16-17-27-45(44)52(49-38(5)31-35(2)32-39(49)6)50(51)47-41(33-40-19-10-7-11-20-40)21-18-28-46(47)53(42-22-12-8-13-23-42)43-24-14-9-15-25-43/h7,10-11,19-20,29-33,42-46H,8-9,12-18,21-28H2,1-6H3. The van der Waals surface area contributed by atoms with Gasteiger partial charge < -0.3 is 9.80 Å². The van der Waals surface area contributed by atoms with Crippen LogP contribution in [0.4, 0.5) is 11.4 Å². The number of hydrogen-bond donors (Lipinski definition) is 0. The molecule has 1 saturated heterocycles. The fourth-order valence-electron chi connectivity index (χ4n) is 12.1. The Kier molecular flexibility index (Phi) is 11.3. The third kappa shape index (κ3) is 7.33. The molecule has 1 aliphatic heterocycles. The number of aryl methyl sites for hydroxylation is 6. The predicted octanol–water partition coefficient (Wildman–Crippen LogP) is 14.2. The van der Waals surface area contributed by atoms with Crippen LogP contribution in [-0.2, 0) is 0 Å². The van der Waals surface area contributed by atoms with Crippen LogP contribution in [0.15, 0.2) is 71.6 Å². The Hall–Kier alpha value is -2.83. The molecule has 4 saturated carbocycles. The molecule has 3 atom stereocenters. The van der Waals surface area contributed by atoms with E-state index in [1.54, 1.807) is 17.0 Å². The van der Waals surface area contributed by atoms with E-state index >= 15 is 0 Å². The van der Waals surface area contributed by atoms with Crippen molar-refractivity contribution in [3.8, 4) is 0 Å². The van der Waals surface area contributed by atoms with Gasteiger partial charge in [0.2, 0.25) is 0 Å². The quantitative estimate of drug-likeness (QED) is 0.233. The molecule has 8 rings (SSSR count). The van der Waals surface area contributed by atoms with Crippen molar-refractivity contribution in [2.45, 2.75) is 180 Å². The van der Waals surface area contributed by atoms with Gasteiger partial charge in [0.25, 0.3) is 0 Å². The zero-order chi connectivity index (χ0) is 36.6. The summed E-state index contributed by atoms with van der Waals surface area (Å²) in [5.41, 5.74) is 18.9. The average Bonchev–Trinajstić information content (AvgIpc) is 3.46. The Labute approximate surface area is 324 Å². The Morgan fingerprint density at radius 1 is 0.528 bits per heavy atom. The van der Waals surface area contributed by atoms with Crippen molar-refractivity contribution >= 4 is 25.4 Å². The second-order valence-corrected chi connectivity index (χ2v) is 20.9. The minimum atomic E-state index is -0.162. The lowest BCUT2D eigenvalue weighted by atomic mass is 9.86. The van der Waals surface area contributed by atoms with Crippen LogP contribution in [0.5, 0.6) is 0 Å². The van der Waals surface area contributed by atoms with E-state index in [1.165, 1.54) is 159 Å². The minimum Gasteiger partial charge on any atom is -0.322 e. The van der Waals surface area contributed by atoms with Crippen LogP contribution < -0.4 is 9.80 Å². The maximum Gasteiger partial charge on any atom is 0.118 e. The van der Waals surface area contributed by atoms with Crippen molar-refractivity contribution in [3.05, 3.63) is 111 Å². The summed E-state index contributed by atoms with van der Waals surface area (Å²) in [7, 11) is -0.162. The number of benzene rings is 3. The smallest absolute Gasteiger partial charge is 0.118 e. The van der Waals surface area contributed by atoms with Gasteiger partial charge in [-0.1, -0.05) is 131 Å². The molecule has 5 aliphatic rings. The topological polar surface area (TPSA) is 6.48 Å². The highest BCUT2D eigenvalue weighted by Gasteiger charge is 2.51. The Morgan fingerprint density at radius 3 is 1.45 bits per heavy atom. The van der Waals surface area contributed by atoms with E-state index in [9.17, 15) is 0 Å². The molecule has 53 heavy (non-hydrogen) atoms. The third-order valence-corrected chi connectivity index (χ3v) is 17.9. The highest BCUT2D eigenvalue weighted by molar-refractivity contribution is 7.60. The van der Waals surface area contributed by atoms with Crippen LogP contribution in [-0.4, -0.2) is 29.1 Å². The van der Waals surface area contributed by atoms with E-state index in [1.807, 2.05) is 0 Å². The molecule has 2 nitrogen and oxygen atoms in total. The van der Waals surface area contributed by atoms with Crippen molar-refractivity contribution < 1.29 is 0 Å². The predicted molar refractivity (Wildman–Crippen MR) is 232 cm³/mol. The normalized spacial score (nSPS) is 25.5. The van der Waals surface area contributed by atoms with Gasteiger partial charge in [-0.05, 0) is 144 Å². The summed E-state index contributed by atoms with van der Waals surface area (Å²) in [6.07, 6.45) is 26.4. The van der Waals surface area contributed by atoms with E-state index in [4.69, 9.17) is 0 Å². The van der Waals surface area contributed by atoms with Gasteiger partial charge in [-0.25, -0.2) is 0 Å². The molecule has 3 heteroatoms. The Morgan fingerprint density at radius 2 is 0.981 bits per heavy atom. The van der Waals surface area contributed by atoms with E-state index in [2.05, 4.69) is 112 Å². The second kappa shape index (κ2) is 16.1. The number of fused-ring (bicyclic) bond motifs is 1. The van der Waals surface area contributed by atoms with Gasteiger partial charge in [0.1, 0.15) is 5.82 Å². The molecule has 0 bridgehead atoms. The van der Waals surface area contributed by atoms with Gasteiger partial charge in [0.05, 0.1) is 12.1 Å². The number of hydrogen-bond acceptors (Lipinski definition) is 2. The van der Waals surface area contributed by atoms with Gasteiger partial charge in [0.15, 0.2) is 0 Å². The summed E-state index contributed by atoms with van der Waals surface area (Å²) in [6.45, 7) is 14.2. The molecule has 4 aliphatic carbocycles.